The van der Waals surface area contributed by atoms with E-state index in [-0.39, 0.29) is 0 Å². The van der Waals surface area contributed by atoms with Crippen LogP contribution in [0.1, 0.15) is 19.3 Å². The Labute approximate surface area is 82.2 Å². The molecule has 1 rings (SSSR count). The van der Waals surface area contributed by atoms with E-state index in [2.05, 4.69) is 0 Å². The Bertz CT molecular complexity index is 162. The van der Waals surface area contributed by atoms with Crippen molar-refractivity contribution in [3.63, 3.8) is 0 Å². The van der Waals surface area contributed by atoms with Crippen molar-refractivity contribution >= 4 is 0 Å². The van der Waals surface area contributed by atoms with Crippen molar-refractivity contribution in [2.24, 2.45) is 11.7 Å². The Morgan fingerprint density at radius 1 is 1.21 bits per heavy atom. The van der Waals surface area contributed by atoms with Gasteiger partial charge in [-0.05, 0) is 44.8 Å². The highest BCUT2D eigenvalue weighted by molar-refractivity contribution is 4.74. The van der Waals surface area contributed by atoms with Crippen LogP contribution in [0.5, 0.6) is 0 Å². The number of hydrogen-bond donors (Lipinski definition) is 1. The second-order valence-electron chi connectivity index (χ2n) is 3.91. The molecular weight excluding hydrogens is 193 g/mol. The van der Waals surface area contributed by atoms with E-state index < -0.39 is 12.7 Å². The first kappa shape index (κ1) is 11.8. The number of rotatable bonds is 3. The average Bonchev–Trinajstić information content (AvgIpc) is 2.06. The van der Waals surface area contributed by atoms with E-state index in [0.717, 1.165) is 19.3 Å². The molecule has 0 bridgehead atoms. The molecule has 0 unspecified atom stereocenters. The van der Waals surface area contributed by atoms with Crippen LogP contribution in [0.15, 0.2) is 0 Å². The molecule has 0 amide bonds. The number of likely N-dealkylation sites (tertiary alicyclic amines) is 1. The largest absolute Gasteiger partial charge is 0.401 e. The molecule has 1 aliphatic heterocycles. The maximum Gasteiger partial charge on any atom is 0.401 e. The van der Waals surface area contributed by atoms with E-state index in [1.807, 2.05) is 0 Å². The van der Waals surface area contributed by atoms with Gasteiger partial charge in [-0.25, -0.2) is 0 Å². The van der Waals surface area contributed by atoms with Crippen molar-refractivity contribution < 1.29 is 13.2 Å². The highest BCUT2D eigenvalue weighted by Gasteiger charge is 2.32. The fourth-order valence-corrected chi connectivity index (χ4v) is 1.92. The number of nitrogens with zero attached hydrogens (tertiary/aromatic N) is 1. The van der Waals surface area contributed by atoms with Gasteiger partial charge in [0.2, 0.25) is 0 Å². The van der Waals surface area contributed by atoms with Crippen LogP contribution in [0.4, 0.5) is 13.2 Å². The number of hydrogen-bond acceptors (Lipinski definition) is 2. The molecule has 0 aromatic heterocycles. The molecule has 1 fully saturated rings. The van der Waals surface area contributed by atoms with Gasteiger partial charge in [-0.1, -0.05) is 0 Å². The monoisotopic (exact) mass is 210 g/mol. The van der Waals surface area contributed by atoms with Crippen molar-refractivity contribution in [1.82, 2.24) is 4.90 Å². The highest BCUT2D eigenvalue weighted by atomic mass is 19.4. The van der Waals surface area contributed by atoms with Gasteiger partial charge in [0, 0.05) is 0 Å². The Morgan fingerprint density at radius 3 is 2.21 bits per heavy atom. The minimum atomic E-state index is -4.05. The lowest BCUT2D eigenvalue weighted by Gasteiger charge is -2.32. The Hall–Kier alpha value is -0.290. The third-order valence-electron chi connectivity index (χ3n) is 2.68. The molecular formula is C9H17F3N2. The summed E-state index contributed by atoms with van der Waals surface area (Å²) in [5.74, 6) is 0.532. The molecule has 0 atom stereocenters. The first-order valence-electron chi connectivity index (χ1n) is 5.00. The highest BCUT2D eigenvalue weighted by Crippen LogP contribution is 2.23. The Morgan fingerprint density at radius 2 is 1.79 bits per heavy atom. The van der Waals surface area contributed by atoms with Gasteiger partial charge < -0.3 is 5.73 Å². The molecule has 14 heavy (non-hydrogen) atoms. The SMILES string of the molecule is NCCC1CCN(CC(F)(F)F)CC1. The predicted octanol–water partition coefficient (Wildman–Crippen LogP) is 1.61. The van der Waals surface area contributed by atoms with Gasteiger partial charge in [0.15, 0.2) is 0 Å². The standard InChI is InChI=1S/C9H17F3N2/c10-9(11,12)7-14-5-2-8(1-4-13)3-6-14/h8H,1-7,13H2. The van der Waals surface area contributed by atoms with E-state index in [1.54, 1.807) is 0 Å². The van der Waals surface area contributed by atoms with Crippen LogP contribution in [0.25, 0.3) is 0 Å². The van der Waals surface area contributed by atoms with Crippen LogP contribution < -0.4 is 5.73 Å². The third-order valence-corrected chi connectivity index (χ3v) is 2.68. The average molecular weight is 210 g/mol. The second kappa shape index (κ2) is 4.98. The number of piperidine rings is 1. The maximum atomic E-state index is 12.0. The number of halogens is 3. The Kier molecular flexibility index (Phi) is 4.19. The topological polar surface area (TPSA) is 29.3 Å². The fourth-order valence-electron chi connectivity index (χ4n) is 1.92. The van der Waals surface area contributed by atoms with Gasteiger partial charge in [0.1, 0.15) is 0 Å². The maximum absolute atomic E-state index is 12.0. The quantitative estimate of drug-likeness (QED) is 0.766. The number of alkyl halides is 3. The van der Waals surface area contributed by atoms with Crippen LogP contribution in [-0.2, 0) is 0 Å². The zero-order chi connectivity index (χ0) is 10.6. The lowest BCUT2D eigenvalue weighted by molar-refractivity contribution is -0.148. The predicted molar refractivity (Wildman–Crippen MR) is 48.9 cm³/mol. The molecule has 0 aromatic carbocycles. The molecule has 0 saturated carbocycles. The lowest BCUT2D eigenvalue weighted by atomic mass is 9.94. The molecule has 2 N–H and O–H groups in total. The van der Waals surface area contributed by atoms with Gasteiger partial charge in [-0.3, -0.25) is 4.90 Å². The summed E-state index contributed by atoms with van der Waals surface area (Å²) >= 11 is 0. The molecule has 0 radical (unpaired) electrons. The van der Waals surface area contributed by atoms with Gasteiger partial charge in [0.25, 0.3) is 0 Å². The molecule has 1 aliphatic rings. The van der Waals surface area contributed by atoms with Crippen LogP contribution in [0.2, 0.25) is 0 Å². The molecule has 1 saturated heterocycles. The van der Waals surface area contributed by atoms with Crippen LogP contribution in [0, 0.1) is 5.92 Å². The fraction of sp³-hybridized carbons (Fsp3) is 1.00. The van der Waals surface area contributed by atoms with Crippen molar-refractivity contribution in [3.05, 3.63) is 0 Å². The third kappa shape index (κ3) is 4.28. The van der Waals surface area contributed by atoms with Gasteiger partial charge in [-0.2, -0.15) is 13.2 Å². The zero-order valence-electron chi connectivity index (χ0n) is 8.19. The van der Waals surface area contributed by atoms with Crippen molar-refractivity contribution in [2.45, 2.75) is 25.4 Å². The smallest absolute Gasteiger partial charge is 0.330 e. The Balaban J connectivity index is 2.22. The van der Waals surface area contributed by atoms with E-state index in [1.165, 1.54) is 4.90 Å². The summed E-state index contributed by atoms with van der Waals surface area (Å²) < 4.78 is 36.1. The van der Waals surface area contributed by atoms with Gasteiger partial charge in [0.05, 0.1) is 6.54 Å². The minimum absolute atomic E-state index is 0.532. The van der Waals surface area contributed by atoms with Crippen molar-refractivity contribution in [1.29, 1.82) is 0 Å². The summed E-state index contributed by atoms with van der Waals surface area (Å²) in [6.07, 6.45) is -1.40. The first-order valence-corrected chi connectivity index (χ1v) is 5.00. The second-order valence-corrected chi connectivity index (χ2v) is 3.91. The van der Waals surface area contributed by atoms with E-state index in [9.17, 15) is 13.2 Å². The summed E-state index contributed by atoms with van der Waals surface area (Å²) in [6, 6.07) is 0. The zero-order valence-corrected chi connectivity index (χ0v) is 8.19. The summed E-state index contributed by atoms with van der Waals surface area (Å²) in [5, 5.41) is 0. The molecule has 0 aliphatic carbocycles. The number of nitrogens with two attached hydrogens (primary N) is 1. The van der Waals surface area contributed by atoms with E-state index in [0.29, 0.717) is 25.6 Å². The first-order chi connectivity index (χ1) is 6.51. The summed E-state index contributed by atoms with van der Waals surface area (Å²) in [4.78, 5) is 1.48. The minimum Gasteiger partial charge on any atom is -0.330 e. The van der Waals surface area contributed by atoms with E-state index in [4.69, 9.17) is 5.73 Å². The van der Waals surface area contributed by atoms with Crippen molar-refractivity contribution in [2.75, 3.05) is 26.2 Å². The summed E-state index contributed by atoms with van der Waals surface area (Å²) in [5.41, 5.74) is 5.40. The molecule has 84 valence electrons. The lowest BCUT2D eigenvalue weighted by Crippen LogP contribution is -2.40. The summed E-state index contributed by atoms with van der Waals surface area (Å²) in [6.45, 7) is 1.00. The molecule has 5 heteroatoms. The normalized spacial score (nSPS) is 21.4. The van der Waals surface area contributed by atoms with E-state index >= 15 is 0 Å². The van der Waals surface area contributed by atoms with Crippen LogP contribution in [0.3, 0.4) is 0 Å². The van der Waals surface area contributed by atoms with Gasteiger partial charge in [-0.15, -0.1) is 0 Å². The van der Waals surface area contributed by atoms with Crippen LogP contribution in [-0.4, -0.2) is 37.3 Å². The molecule has 0 spiro atoms. The van der Waals surface area contributed by atoms with Crippen molar-refractivity contribution in [3.8, 4) is 0 Å². The summed E-state index contributed by atoms with van der Waals surface area (Å²) in [7, 11) is 0. The molecule has 2 nitrogen and oxygen atoms in total. The van der Waals surface area contributed by atoms with Gasteiger partial charge >= 0.3 is 6.18 Å². The van der Waals surface area contributed by atoms with Crippen LogP contribution >= 0.6 is 0 Å². The molecule has 1 heterocycles. The molecule has 0 aromatic rings.